The molecule has 1 aromatic carbocycles. The number of hydrogen-bond donors (Lipinski definition) is 1. The molecule has 0 saturated heterocycles. The van der Waals surface area contributed by atoms with Crippen molar-refractivity contribution >= 4 is 23.6 Å². The van der Waals surface area contributed by atoms with Gasteiger partial charge in [-0.05, 0) is 31.2 Å². The molecule has 1 rings (SSSR count). The quantitative estimate of drug-likeness (QED) is 0.843. The van der Waals surface area contributed by atoms with Crippen LogP contribution >= 0.6 is 11.6 Å². The zero-order chi connectivity index (χ0) is 11.3. The van der Waals surface area contributed by atoms with Crippen LogP contribution in [0.25, 0.3) is 0 Å². The van der Waals surface area contributed by atoms with Gasteiger partial charge in [-0.15, -0.1) is 0 Å². The Balaban J connectivity index is 2.61. The molecule has 0 aliphatic rings. The first-order chi connectivity index (χ1) is 7.13. The standard InChI is InChI=1S/C10H10ClNO3/c1-2-15-10(14)12-9(13)7-3-5-8(11)6-4-7/h3-6H,2H2,1H3,(H,12,13,14). The first-order valence-electron chi connectivity index (χ1n) is 4.37. The first kappa shape index (κ1) is 11.5. The molecule has 0 saturated carbocycles. The van der Waals surface area contributed by atoms with Gasteiger partial charge in [-0.1, -0.05) is 11.6 Å². The summed E-state index contributed by atoms with van der Waals surface area (Å²) in [5.41, 5.74) is 0.354. The molecule has 0 aliphatic carbocycles. The second-order valence-electron chi connectivity index (χ2n) is 2.68. The Bertz CT molecular complexity index is 361. The second-order valence-corrected chi connectivity index (χ2v) is 3.12. The molecular weight excluding hydrogens is 218 g/mol. The summed E-state index contributed by atoms with van der Waals surface area (Å²) in [5.74, 6) is -0.509. The van der Waals surface area contributed by atoms with E-state index < -0.39 is 12.0 Å². The Morgan fingerprint density at radius 1 is 1.33 bits per heavy atom. The summed E-state index contributed by atoms with van der Waals surface area (Å²) in [6.45, 7) is 1.88. The van der Waals surface area contributed by atoms with E-state index in [1.807, 2.05) is 0 Å². The van der Waals surface area contributed by atoms with Crippen LogP contribution in [0.3, 0.4) is 0 Å². The maximum Gasteiger partial charge on any atom is 0.414 e. The minimum atomic E-state index is -0.752. The summed E-state index contributed by atoms with van der Waals surface area (Å²) >= 11 is 5.65. The van der Waals surface area contributed by atoms with Crippen molar-refractivity contribution in [1.29, 1.82) is 0 Å². The number of amides is 2. The molecule has 0 atom stereocenters. The van der Waals surface area contributed by atoms with Crippen molar-refractivity contribution in [3.05, 3.63) is 34.9 Å². The molecule has 0 fully saturated rings. The summed E-state index contributed by atoms with van der Waals surface area (Å²) < 4.78 is 4.56. The number of benzene rings is 1. The van der Waals surface area contributed by atoms with Crippen molar-refractivity contribution in [3.8, 4) is 0 Å². The third kappa shape index (κ3) is 3.59. The van der Waals surface area contributed by atoms with Crippen LogP contribution < -0.4 is 5.32 Å². The number of alkyl carbamates (subject to hydrolysis) is 1. The highest BCUT2D eigenvalue weighted by Gasteiger charge is 2.09. The van der Waals surface area contributed by atoms with Gasteiger partial charge in [-0.2, -0.15) is 0 Å². The largest absolute Gasteiger partial charge is 0.450 e. The molecule has 15 heavy (non-hydrogen) atoms. The summed E-state index contributed by atoms with van der Waals surface area (Å²) in [7, 11) is 0. The lowest BCUT2D eigenvalue weighted by atomic mass is 10.2. The molecule has 5 heteroatoms. The Kier molecular flexibility index (Phi) is 4.12. The van der Waals surface area contributed by atoms with E-state index in [4.69, 9.17) is 11.6 Å². The van der Waals surface area contributed by atoms with E-state index in [9.17, 15) is 9.59 Å². The van der Waals surface area contributed by atoms with E-state index in [-0.39, 0.29) is 6.61 Å². The van der Waals surface area contributed by atoms with Gasteiger partial charge in [0.1, 0.15) is 0 Å². The van der Waals surface area contributed by atoms with Gasteiger partial charge in [0.25, 0.3) is 5.91 Å². The summed E-state index contributed by atoms with van der Waals surface area (Å²) in [4.78, 5) is 22.3. The highest BCUT2D eigenvalue weighted by Crippen LogP contribution is 2.09. The monoisotopic (exact) mass is 227 g/mol. The Morgan fingerprint density at radius 2 is 1.93 bits per heavy atom. The molecule has 80 valence electrons. The minimum Gasteiger partial charge on any atom is -0.450 e. The van der Waals surface area contributed by atoms with Crippen LogP contribution in [-0.4, -0.2) is 18.6 Å². The van der Waals surface area contributed by atoms with Crippen LogP contribution in [0.4, 0.5) is 4.79 Å². The van der Waals surface area contributed by atoms with E-state index in [2.05, 4.69) is 10.1 Å². The number of halogens is 1. The third-order valence-corrected chi connectivity index (χ3v) is 1.85. The number of rotatable bonds is 2. The Labute approximate surface area is 92.2 Å². The molecule has 0 spiro atoms. The van der Waals surface area contributed by atoms with Crippen molar-refractivity contribution in [2.24, 2.45) is 0 Å². The van der Waals surface area contributed by atoms with E-state index >= 15 is 0 Å². The van der Waals surface area contributed by atoms with Gasteiger partial charge < -0.3 is 4.74 Å². The highest BCUT2D eigenvalue weighted by atomic mass is 35.5. The van der Waals surface area contributed by atoms with Crippen LogP contribution in [0, 0.1) is 0 Å². The topological polar surface area (TPSA) is 55.4 Å². The lowest BCUT2D eigenvalue weighted by molar-refractivity contribution is 0.0925. The Morgan fingerprint density at radius 3 is 2.47 bits per heavy atom. The molecule has 2 amide bonds. The van der Waals surface area contributed by atoms with Crippen molar-refractivity contribution < 1.29 is 14.3 Å². The summed E-state index contributed by atoms with van der Waals surface area (Å²) in [5, 5.41) is 2.60. The molecule has 0 radical (unpaired) electrons. The van der Waals surface area contributed by atoms with E-state index in [1.165, 1.54) is 12.1 Å². The normalized spacial score (nSPS) is 9.47. The maximum absolute atomic E-state index is 11.4. The van der Waals surface area contributed by atoms with Crippen LogP contribution in [0.15, 0.2) is 24.3 Å². The molecule has 1 aromatic rings. The van der Waals surface area contributed by atoms with Crippen LogP contribution in [0.1, 0.15) is 17.3 Å². The fourth-order valence-electron chi connectivity index (χ4n) is 0.933. The van der Waals surface area contributed by atoms with E-state index in [0.29, 0.717) is 10.6 Å². The zero-order valence-corrected chi connectivity index (χ0v) is 8.88. The molecule has 4 nitrogen and oxygen atoms in total. The van der Waals surface area contributed by atoms with E-state index in [0.717, 1.165) is 0 Å². The lowest BCUT2D eigenvalue weighted by Gasteiger charge is -2.03. The fourth-order valence-corrected chi connectivity index (χ4v) is 1.06. The minimum absolute atomic E-state index is 0.222. The zero-order valence-electron chi connectivity index (χ0n) is 8.12. The van der Waals surface area contributed by atoms with Crippen molar-refractivity contribution in [2.45, 2.75) is 6.92 Å². The van der Waals surface area contributed by atoms with Crippen molar-refractivity contribution in [3.63, 3.8) is 0 Å². The molecule has 0 heterocycles. The summed E-state index contributed by atoms with van der Waals surface area (Å²) in [6.07, 6.45) is -0.752. The fraction of sp³-hybridized carbons (Fsp3) is 0.200. The third-order valence-electron chi connectivity index (χ3n) is 1.60. The predicted molar refractivity (Wildman–Crippen MR) is 55.9 cm³/mol. The predicted octanol–water partition coefficient (Wildman–Crippen LogP) is 2.23. The number of imide groups is 1. The van der Waals surface area contributed by atoms with E-state index in [1.54, 1.807) is 19.1 Å². The molecule has 0 aromatic heterocycles. The highest BCUT2D eigenvalue weighted by molar-refractivity contribution is 6.30. The number of carbonyl (C=O) groups is 2. The molecule has 0 aliphatic heterocycles. The van der Waals surface area contributed by atoms with Gasteiger partial charge >= 0.3 is 6.09 Å². The van der Waals surface area contributed by atoms with Crippen molar-refractivity contribution in [1.82, 2.24) is 5.32 Å². The number of carbonyl (C=O) groups excluding carboxylic acids is 2. The second kappa shape index (κ2) is 5.36. The molecule has 0 bridgehead atoms. The molecule has 0 unspecified atom stereocenters. The number of ether oxygens (including phenoxy) is 1. The number of nitrogens with one attached hydrogen (secondary N) is 1. The van der Waals surface area contributed by atoms with Crippen LogP contribution in [-0.2, 0) is 4.74 Å². The van der Waals surface area contributed by atoms with Gasteiger partial charge in [0.15, 0.2) is 0 Å². The van der Waals surface area contributed by atoms with Gasteiger partial charge in [-0.25, -0.2) is 4.79 Å². The van der Waals surface area contributed by atoms with Crippen molar-refractivity contribution in [2.75, 3.05) is 6.61 Å². The van der Waals surface area contributed by atoms with Gasteiger partial charge in [0.05, 0.1) is 6.61 Å². The van der Waals surface area contributed by atoms with Crippen LogP contribution in [0.2, 0.25) is 5.02 Å². The van der Waals surface area contributed by atoms with Crippen LogP contribution in [0.5, 0.6) is 0 Å². The molecule has 1 N–H and O–H groups in total. The Hall–Kier alpha value is -1.55. The lowest BCUT2D eigenvalue weighted by Crippen LogP contribution is -2.30. The first-order valence-corrected chi connectivity index (χ1v) is 4.75. The smallest absolute Gasteiger partial charge is 0.414 e. The van der Waals surface area contributed by atoms with Gasteiger partial charge in [-0.3, -0.25) is 10.1 Å². The van der Waals surface area contributed by atoms with Gasteiger partial charge in [0, 0.05) is 10.6 Å². The summed E-state index contributed by atoms with van der Waals surface area (Å²) in [6, 6.07) is 6.19. The number of hydrogen-bond acceptors (Lipinski definition) is 3. The average molecular weight is 228 g/mol. The maximum atomic E-state index is 11.4. The van der Waals surface area contributed by atoms with Gasteiger partial charge in [0.2, 0.25) is 0 Å². The SMILES string of the molecule is CCOC(=O)NC(=O)c1ccc(Cl)cc1. The molecular formula is C10H10ClNO3. The average Bonchev–Trinajstić information content (AvgIpc) is 2.18.